The molecule has 0 saturated carbocycles. The summed E-state index contributed by atoms with van der Waals surface area (Å²) in [6, 6.07) is 9.29. The van der Waals surface area contributed by atoms with Crippen molar-refractivity contribution in [3.63, 3.8) is 0 Å². The lowest BCUT2D eigenvalue weighted by molar-refractivity contribution is -0.00892. The van der Waals surface area contributed by atoms with Crippen molar-refractivity contribution in [2.24, 2.45) is 7.05 Å². The molecule has 0 fully saturated rings. The minimum atomic E-state index is -0.681. The first kappa shape index (κ1) is 22.3. The number of hydrogen-bond donors (Lipinski definition) is 1. The van der Waals surface area contributed by atoms with Gasteiger partial charge in [0.25, 0.3) is 0 Å². The van der Waals surface area contributed by atoms with E-state index in [4.69, 9.17) is 23.7 Å². The lowest BCUT2D eigenvalue weighted by Gasteiger charge is -2.11. The summed E-state index contributed by atoms with van der Waals surface area (Å²) >= 11 is 0. The van der Waals surface area contributed by atoms with Crippen LogP contribution in [0, 0.1) is 0 Å². The summed E-state index contributed by atoms with van der Waals surface area (Å²) < 4.78 is 27.6. The third-order valence-electron chi connectivity index (χ3n) is 3.77. The van der Waals surface area contributed by atoms with Gasteiger partial charge in [0.2, 0.25) is 0 Å². The molecule has 0 bridgehead atoms. The fraction of sp³-hybridized carbons (Fsp3) is 0.400. The van der Waals surface area contributed by atoms with Crippen LogP contribution in [0.4, 0.5) is 10.5 Å². The van der Waals surface area contributed by atoms with E-state index in [1.165, 1.54) is 4.57 Å². The monoisotopic (exact) mass is 406 g/mol. The molecule has 158 valence electrons. The lowest BCUT2D eigenvalue weighted by atomic mass is 10.2. The first-order valence-corrected chi connectivity index (χ1v) is 9.10. The molecule has 9 nitrogen and oxygen atoms in total. The summed E-state index contributed by atoms with van der Waals surface area (Å²) in [6.45, 7) is 2.61. The maximum atomic E-state index is 12.3. The van der Waals surface area contributed by atoms with E-state index in [1.54, 1.807) is 27.3 Å². The highest BCUT2D eigenvalue weighted by atomic mass is 16.7. The van der Waals surface area contributed by atoms with Gasteiger partial charge in [0.05, 0.1) is 19.8 Å². The molecule has 0 aliphatic rings. The molecule has 0 radical (unpaired) electrons. The molecule has 2 aromatic rings. The van der Waals surface area contributed by atoms with Gasteiger partial charge in [-0.15, -0.1) is 0 Å². The van der Waals surface area contributed by atoms with Crippen molar-refractivity contribution in [2.75, 3.05) is 39.0 Å². The second-order valence-corrected chi connectivity index (χ2v) is 5.90. The second-order valence-electron chi connectivity index (χ2n) is 5.90. The standard InChI is InChI=1S/C20H26N2O7/c1-4-27-19(23)17-18(29-14-26-11-10-25-3)16(12-22(17)2)21-20(24)28-13-15-8-6-5-7-9-15/h5-9,12H,4,10-11,13-14H2,1-3H3,(H,21,24). The number of hydrogen-bond acceptors (Lipinski definition) is 7. The molecule has 9 heteroatoms. The van der Waals surface area contributed by atoms with Crippen molar-refractivity contribution in [2.45, 2.75) is 13.5 Å². The van der Waals surface area contributed by atoms with E-state index < -0.39 is 12.1 Å². The molecular weight excluding hydrogens is 380 g/mol. The molecule has 0 unspecified atom stereocenters. The van der Waals surface area contributed by atoms with Gasteiger partial charge >= 0.3 is 12.1 Å². The van der Waals surface area contributed by atoms with Crippen LogP contribution in [-0.2, 0) is 32.6 Å². The van der Waals surface area contributed by atoms with Crippen LogP contribution >= 0.6 is 0 Å². The van der Waals surface area contributed by atoms with Crippen LogP contribution in [0.25, 0.3) is 0 Å². The molecule has 0 spiro atoms. The predicted molar refractivity (Wildman–Crippen MR) is 105 cm³/mol. The topological polar surface area (TPSA) is 97.2 Å². The summed E-state index contributed by atoms with van der Waals surface area (Å²) in [7, 11) is 3.20. The van der Waals surface area contributed by atoms with Crippen molar-refractivity contribution < 1.29 is 33.3 Å². The number of anilines is 1. The van der Waals surface area contributed by atoms with Gasteiger partial charge in [-0.25, -0.2) is 9.59 Å². The van der Waals surface area contributed by atoms with Crippen molar-refractivity contribution >= 4 is 17.7 Å². The number of carbonyl (C=O) groups excluding carboxylic acids is 2. The van der Waals surface area contributed by atoms with Gasteiger partial charge in [0.15, 0.2) is 18.2 Å². The number of esters is 1. The Morgan fingerprint density at radius 1 is 1.10 bits per heavy atom. The van der Waals surface area contributed by atoms with Gasteiger partial charge in [0, 0.05) is 20.4 Å². The quantitative estimate of drug-likeness (QED) is 0.348. The maximum Gasteiger partial charge on any atom is 0.412 e. The predicted octanol–water partition coefficient (Wildman–Crippen LogP) is 2.95. The van der Waals surface area contributed by atoms with E-state index in [2.05, 4.69) is 5.32 Å². The summed E-state index contributed by atoms with van der Waals surface area (Å²) in [5.74, 6) is -0.437. The number of amides is 1. The maximum absolute atomic E-state index is 12.3. The molecule has 1 aromatic heterocycles. The molecule has 0 aliphatic carbocycles. The summed E-state index contributed by atoms with van der Waals surface area (Å²) in [6.07, 6.45) is 0.862. The number of rotatable bonds is 11. The van der Waals surface area contributed by atoms with E-state index in [1.807, 2.05) is 30.3 Å². The fourth-order valence-electron chi connectivity index (χ4n) is 2.45. The van der Waals surface area contributed by atoms with Crippen LogP contribution in [0.15, 0.2) is 36.5 Å². The molecule has 0 saturated heterocycles. The van der Waals surface area contributed by atoms with Gasteiger partial charge < -0.3 is 28.3 Å². The van der Waals surface area contributed by atoms with Crippen molar-refractivity contribution in [3.8, 4) is 5.75 Å². The first-order valence-electron chi connectivity index (χ1n) is 9.10. The highest BCUT2D eigenvalue weighted by Crippen LogP contribution is 2.32. The molecule has 29 heavy (non-hydrogen) atoms. The minimum Gasteiger partial charge on any atom is -0.463 e. The number of carbonyl (C=O) groups is 2. The highest BCUT2D eigenvalue weighted by Gasteiger charge is 2.24. The number of ether oxygens (including phenoxy) is 5. The van der Waals surface area contributed by atoms with E-state index in [9.17, 15) is 9.59 Å². The summed E-state index contributed by atoms with van der Waals surface area (Å²) in [4.78, 5) is 24.5. The van der Waals surface area contributed by atoms with E-state index in [0.29, 0.717) is 13.2 Å². The van der Waals surface area contributed by atoms with Crippen LogP contribution in [0.5, 0.6) is 5.75 Å². The van der Waals surface area contributed by atoms with Crippen LogP contribution in [0.1, 0.15) is 23.0 Å². The lowest BCUT2D eigenvalue weighted by Crippen LogP contribution is -2.16. The smallest absolute Gasteiger partial charge is 0.412 e. The molecule has 2 rings (SSSR count). The zero-order valence-electron chi connectivity index (χ0n) is 16.8. The highest BCUT2D eigenvalue weighted by molar-refractivity contribution is 5.96. The van der Waals surface area contributed by atoms with Gasteiger partial charge in [-0.3, -0.25) is 5.32 Å². The van der Waals surface area contributed by atoms with Gasteiger partial charge in [-0.2, -0.15) is 0 Å². The third-order valence-corrected chi connectivity index (χ3v) is 3.77. The molecule has 1 aromatic carbocycles. The number of aryl methyl sites for hydroxylation is 1. The molecular formula is C20H26N2O7. The van der Waals surface area contributed by atoms with E-state index >= 15 is 0 Å². The number of benzene rings is 1. The largest absolute Gasteiger partial charge is 0.463 e. The van der Waals surface area contributed by atoms with Crippen LogP contribution in [0.3, 0.4) is 0 Å². The molecule has 1 amide bonds. The Morgan fingerprint density at radius 3 is 2.55 bits per heavy atom. The molecule has 1 N–H and O–H groups in total. The van der Waals surface area contributed by atoms with Crippen LogP contribution in [-0.4, -0.2) is 50.4 Å². The summed E-state index contributed by atoms with van der Waals surface area (Å²) in [5, 5.41) is 2.60. The van der Waals surface area contributed by atoms with Crippen LogP contribution < -0.4 is 10.1 Å². The Hall–Kier alpha value is -3.04. The second kappa shape index (κ2) is 11.7. The summed E-state index contributed by atoms with van der Waals surface area (Å²) in [5.41, 5.74) is 1.27. The van der Waals surface area contributed by atoms with E-state index in [0.717, 1.165) is 5.56 Å². The van der Waals surface area contributed by atoms with Gasteiger partial charge in [-0.1, -0.05) is 30.3 Å². The van der Waals surface area contributed by atoms with E-state index in [-0.39, 0.29) is 37.1 Å². The molecule has 1 heterocycles. The normalized spacial score (nSPS) is 10.4. The van der Waals surface area contributed by atoms with Gasteiger partial charge in [-0.05, 0) is 12.5 Å². The van der Waals surface area contributed by atoms with Crippen molar-refractivity contribution in [1.29, 1.82) is 0 Å². The number of nitrogens with one attached hydrogen (secondary N) is 1. The van der Waals surface area contributed by atoms with Gasteiger partial charge in [0.1, 0.15) is 12.3 Å². The zero-order valence-corrected chi connectivity index (χ0v) is 16.8. The average molecular weight is 406 g/mol. The Kier molecular flexibility index (Phi) is 9.00. The molecule has 0 atom stereocenters. The Balaban J connectivity index is 2.08. The number of methoxy groups -OCH3 is 1. The Bertz CT molecular complexity index is 790. The van der Waals surface area contributed by atoms with Crippen molar-refractivity contribution in [3.05, 3.63) is 47.8 Å². The number of nitrogens with zero attached hydrogens (tertiary/aromatic N) is 1. The Labute approximate surface area is 169 Å². The Morgan fingerprint density at radius 2 is 1.86 bits per heavy atom. The molecule has 0 aliphatic heterocycles. The fourth-order valence-corrected chi connectivity index (χ4v) is 2.45. The average Bonchev–Trinajstić information content (AvgIpc) is 3.02. The number of aromatic nitrogens is 1. The SMILES string of the molecule is CCOC(=O)c1c(OCOCCOC)c(NC(=O)OCc2ccccc2)cn1C. The third kappa shape index (κ3) is 6.81. The van der Waals surface area contributed by atoms with Crippen LogP contribution in [0.2, 0.25) is 0 Å². The minimum absolute atomic E-state index is 0.112. The first-order chi connectivity index (χ1) is 14.1. The zero-order chi connectivity index (χ0) is 21.1. The van der Waals surface area contributed by atoms with Crippen molar-refractivity contribution in [1.82, 2.24) is 4.57 Å².